The predicted molar refractivity (Wildman–Crippen MR) is 67.5 cm³/mol. The second kappa shape index (κ2) is 5.94. The molecule has 0 aromatic heterocycles. The number of hydrogen-bond donors (Lipinski definition) is 0. The molecule has 2 rings (SSSR count). The highest BCUT2D eigenvalue weighted by Crippen LogP contribution is 2.10. The fourth-order valence-electron chi connectivity index (χ4n) is 2.08. The standard InChI is InChI=1S/C14H19NO2/c1-12-2-3-13(10-14(12)11-16)4-5-15-6-8-17-9-7-15/h2-3,10-11H,4-9H2,1H3. The van der Waals surface area contributed by atoms with E-state index in [0.717, 1.165) is 56.7 Å². The van der Waals surface area contributed by atoms with Crippen LogP contribution in [-0.4, -0.2) is 44.0 Å². The van der Waals surface area contributed by atoms with E-state index in [1.165, 1.54) is 5.56 Å². The first-order valence-electron chi connectivity index (χ1n) is 6.14. The summed E-state index contributed by atoms with van der Waals surface area (Å²) in [6.45, 7) is 6.74. The van der Waals surface area contributed by atoms with Crippen LogP contribution < -0.4 is 0 Å². The van der Waals surface area contributed by atoms with E-state index >= 15 is 0 Å². The van der Waals surface area contributed by atoms with Crippen LogP contribution in [0.25, 0.3) is 0 Å². The van der Waals surface area contributed by atoms with E-state index in [4.69, 9.17) is 4.74 Å². The Morgan fingerprint density at radius 1 is 1.35 bits per heavy atom. The van der Waals surface area contributed by atoms with Crippen LogP contribution in [0, 0.1) is 6.92 Å². The Hall–Kier alpha value is -1.19. The Morgan fingerprint density at radius 2 is 2.12 bits per heavy atom. The average Bonchev–Trinajstić information content (AvgIpc) is 2.39. The van der Waals surface area contributed by atoms with Crippen LogP contribution in [-0.2, 0) is 11.2 Å². The van der Waals surface area contributed by atoms with E-state index in [1.54, 1.807) is 0 Å². The smallest absolute Gasteiger partial charge is 0.150 e. The average molecular weight is 233 g/mol. The summed E-state index contributed by atoms with van der Waals surface area (Å²) >= 11 is 0. The van der Waals surface area contributed by atoms with Crippen molar-refractivity contribution in [2.75, 3.05) is 32.8 Å². The van der Waals surface area contributed by atoms with Crippen LogP contribution in [0.3, 0.4) is 0 Å². The van der Waals surface area contributed by atoms with Crippen molar-refractivity contribution in [3.8, 4) is 0 Å². The lowest BCUT2D eigenvalue weighted by molar-refractivity contribution is 0.0384. The van der Waals surface area contributed by atoms with E-state index in [9.17, 15) is 4.79 Å². The second-order valence-electron chi connectivity index (χ2n) is 4.51. The number of benzene rings is 1. The predicted octanol–water partition coefficient (Wildman–Crippen LogP) is 1.68. The third kappa shape index (κ3) is 3.38. The Bertz CT molecular complexity index is 384. The molecule has 1 fully saturated rings. The molecule has 0 N–H and O–H groups in total. The summed E-state index contributed by atoms with van der Waals surface area (Å²) in [5.74, 6) is 0. The number of hydrogen-bond acceptors (Lipinski definition) is 3. The van der Waals surface area contributed by atoms with Gasteiger partial charge in [0.25, 0.3) is 0 Å². The molecule has 1 heterocycles. The number of carbonyl (C=O) groups excluding carboxylic acids is 1. The van der Waals surface area contributed by atoms with Crippen LogP contribution in [0.5, 0.6) is 0 Å². The third-order valence-electron chi connectivity index (χ3n) is 3.29. The summed E-state index contributed by atoms with van der Waals surface area (Å²) in [6.07, 6.45) is 1.94. The van der Waals surface area contributed by atoms with Gasteiger partial charge in [-0.3, -0.25) is 9.69 Å². The Kier molecular flexibility index (Phi) is 4.29. The van der Waals surface area contributed by atoms with Crippen LogP contribution in [0.15, 0.2) is 18.2 Å². The first kappa shape index (κ1) is 12.3. The lowest BCUT2D eigenvalue weighted by Crippen LogP contribution is -2.37. The van der Waals surface area contributed by atoms with E-state index < -0.39 is 0 Å². The van der Waals surface area contributed by atoms with Gasteiger partial charge in [0, 0.05) is 25.2 Å². The third-order valence-corrected chi connectivity index (χ3v) is 3.29. The van der Waals surface area contributed by atoms with Crippen molar-refractivity contribution in [2.24, 2.45) is 0 Å². The molecule has 0 radical (unpaired) electrons. The molecular formula is C14H19NO2. The second-order valence-corrected chi connectivity index (χ2v) is 4.51. The van der Waals surface area contributed by atoms with Crippen molar-refractivity contribution in [3.05, 3.63) is 34.9 Å². The highest BCUT2D eigenvalue weighted by molar-refractivity contribution is 5.77. The summed E-state index contributed by atoms with van der Waals surface area (Å²) in [4.78, 5) is 13.3. The van der Waals surface area contributed by atoms with Crippen molar-refractivity contribution in [2.45, 2.75) is 13.3 Å². The topological polar surface area (TPSA) is 29.5 Å². The molecule has 1 saturated heterocycles. The molecule has 1 aromatic rings. The number of rotatable bonds is 4. The van der Waals surface area contributed by atoms with Gasteiger partial charge in [-0.1, -0.05) is 12.1 Å². The minimum absolute atomic E-state index is 0.810. The molecule has 0 atom stereocenters. The molecule has 3 nitrogen and oxygen atoms in total. The fourth-order valence-corrected chi connectivity index (χ4v) is 2.08. The van der Waals surface area contributed by atoms with Crippen molar-refractivity contribution in [1.29, 1.82) is 0 Å². The van der Waals surface area contributed by atoms with Gasteiger partial charge < -0.3 is 4.74 Å². The lowest BCUT2D eigenvalue weighted by Gasteiger charge is -2.26. The van der Waals surface area contributed by atoms with Gasteiger partial charge in [-0.2, -0.15) is 0 Å². The first-order valence-corrected chi connectivity index (χ1v) is 6.14. The SMILES string of the molecule is Cc1ccc(CCN2CCOCC2)cc1C=O. The largest absolute Gasteiger partial charge is 0.379 e. The summed E-state index contributed by atoms with van der Waals surface area (Å²) < 4.78 is 5.32. The van der Waals surface area contributed by atoms with Crippen LogP contribution in [0.2, 0.25) is 0 Å². The molecule has 17 heavy (non-hydrogen) atoms. The molecule has 1 aliphatic heterocycles. The molecule has 1 aliphatic rings. The van der Waals surface area contributed by atoms with E-state index in [0.29, 0.717) is 0 Å². The van der Waals surface area contributed by atoms with Crippen molar-refractivity contribution in [3.63, 3.8) is 0 Å². The van der Waals surface area contributed by atoms with Gasteiger partial charge in [-0.05, 0) is 30.5 Å². The molecule has 0 bridgehead atoms. The fraction of sp³-hybridized carbons (Fsp3) is 0.500. The molecule has 0 amide bonds. The van der Waals surface area contributed by atoms with Gasteiger partial charge in [0.2, 0.25) is 0 Å². The molecule has 92 valence electrons. The number of morpholine rings is 1. The van der Waals surface area contributed by atoms with Crippen LogP contribution in [0.1, 0.15) is 21.5 Å². The van der Waals surface area contributed by atoms with E-state index in [-0.39, 0.29) is 0 Å². The van der Waals surface area contributed by atoms with Crippen molar-refractivity contribution >= 4 is 6.29 Å². The number of aryl methyl sites for hydroxylation is 1. The van der Waals surface area contributed by atoms with Gasteiger partial charge >= 0.3 is 0 Å². The number of carbonyl (C=O) groups is 1. The molecule has 0 spiro atoms. The highest BCUT2D eigenvalue weighted by Gasteiger charge is 2.10. The minimum atomic E-state index is 0.810. The van der Waals surface area contributed by atoms with Gasteiger partial charge in [0.15, 0.2) is 0 Å². The lowest BCUT2D eigenvalue weighted by atomic mass is 10.0. The highest BCUT2D eigenvalue weighted by atomic mass is 16.5. The van der Waals surface area contributed by atoms with Crippen LogP contribution >= 0.6 is 0 Å². The quantitative estimate of drug-likeness (QED) is 0.741. The number of ether oxygens (including phenoxy) is 1. The Balaban J connectivity index is 1.91. The molecule has 1 aromatic carbocycles. The maximum Gasteiger partial charge on any atom is 0.150 e. The zero-order chi connectivity index (χ0) is 12.1. The molecule has 0 saturated carbocycles. The molecule has 0 unspecified atom stereocenters. The normalized spacial score (nSPS) is 17.0. The molecular weight excluding hydrogens is 214 g/mol. The van der Waals surface area contributed by atoms with E-state index in [2.05, 4.69) is 11.0 Å². The Labute approximate surface area is 102 Å². The number of aldehydes is 1. The van der Waals surface area contributed by atoms with Gasteiger partial charge in [-0.15, -0.1) is 0 Å². The maximum atomic E-state index is 10.9. The van der Waals surface area contributed by atoms with Crippen molar-refractivity contribution in [1.82, 2.24) is 4.90 Å². The van der Waals surface area contributed by atoms with Crippen molar-refractivity contribution < 1.29 is 9.53 Å². The Morgan fingerprint density at radius 3 is 2.82 bits per heavy atom. The zero-order valence-electron chi connectivity index (χ0n) is 10.3. The van der Waals surface area contributed by atoms with Gasteiger partial charge in [0.05, 0.1) is 13.2 Å². The van der Waals surface area contributed by atoms with Crippen LogP contribution in [0.4, 0.5) is 0 Å². The summed E-state index contributed by atoms with van der Waals surface area (Å²) in [5, 5.41) is 0. The zero-order valence-corrected chi connectivity index (χ0v) is 10.3. The number of nitrogens with zero attached hydrogens (tertiary/aromatic N) is 1. The van der Waals surface area contributed by atoms with Gasteiger partial charge in [-0.25, -0.2) is 0 Å². The summed E-state index contributed by atoms with van der Waals surface area (Å²) in [6, 6.07) is 6.14. The minimum Gasteiger partial charge on any atom is -0.379 e. The monoisotopic (exact) mass is 233 g/mol. The molecule has 3 heteroatoms. The summed E-state index contributed by atoms with van der Waals surface area (Å²) in [5.41, 5.74) is 3.10. The summed E-state index contributed by atoms with van der Waals surface area (Å²) in [7, 11) is 0. The van der Waals surface area contributed by atoms with E-state index in [1.807, 2.05) is 19.1 Å². The van der Waals surface area contributed by atoms with Gasteiger partial charge in [0.1, 0.15) is 6.29 Å². The molecule has 0 aliphatic carbocycles. The first-order chi connectivity index (χ1) is 8.29. The maximum absolute atomic E-state index is 10.9.